The standard InChI is InChI=1S/C23H25F3N4/c1-4-6-16-7-5-8-19(13-16)28-21-20(23(24,25)26)14-27-22(30-21)29-18-11-9-17(10-12-18)15(2)3/h5,7-15H,4,6H2,1-3H3,(H2,27,28,29,30). The Labute approximate surface area is 174 Å². The fraction of sp³-hybridized carbons (Fsp3) is 0.304. The maximum Gasteiger partial charge on any atom is 0.421 e. The quantitative estimate of drug-likeness (QED) is 0.435. The van der Waals surface area contributed by atoms with E-state index in [1.165, 1.54) is 5.56 Å². The first-order valence-corrected chi connectivity index (χ1v) is 9.93. The first-order valence-electron chi connectivity index (χ1n) is 9.93. The molecular weight excluding hydrogens is 389 g/mol. The van der Waals surface area contributed by atoms with E-state index in [1.807, 2.05) is 42.5 Å². The van der Waals surface area contributed by atoms with Crippen molar-refractivity contribution in [3.63, 3.8) is 0 Å². The Balaban J connectivity index is 1.89. The van der Waals surface area contributed by atoms with Crippen LogP contribution < -0.4 is 10.6 Å². The summed E-state index contributed by atoms with van der Waals surface area (Å²) in [5.74, 6) is 0.195. The second-order valence-electron chi connectivity index (χ2n) is 7.43. The van der Waals surface area contributed by atoms with Crippen molar-refractivity contribution in [2.45, 2.75) is 45.7 Å². The van der Waals surface area contributed by atoms with E-state index in [9.17, 15) is 13.2 Å². The number of nitrogens with one attached hydrogen (secondary N) is 2. The lowest BCUT2D eigenvalue weighted by Crippen LogP contribution is -2.12. The van der Waals surface area contributed by atoms with Gasteiger partial charge in [-0.1, -0.05) is 51.5 Å². The summed E-state index contributed by atoms with van der Waals surface area (Å²) in [5.41, 5.74) is 2.56. The SMILES string of the molecule is CCCc1cccc(Nc2nc(Nc3ccc(C(C)C)cc3)ncc2C(F)(F)F)c1. The van der Waals surface area contributed by atoms with E-state index in [0.29, 0.717) is 17.3 Å². The third kappa shape index (κ3) is 5.49. The van der Waals surface area contributed by atoms with Gasteiger partial charge in [-0.05, 0) is 47.7 Å². The van der Waals surface area contributed by atoms with Crippen LogP contribution in [0.15, 0.2) is 54.7 Å². The number of aryl methyl sites for hydroxylation is 1. The molecule has 7 heteroatoms. The minimum absolute atomic E-state index is 0.0903. The molecule has 3 aromatic rings. The molecule has 4 nitrogen and oxygen atoms in total. The van der Waals surface area contributed by atoms with Crippen molar-refractivity contribution in [2.24, 2.45) is 0 Å². The number of rotatable bonds is 7. The summed E-state index contributed by atoms with van der Waals surface area (Å²) in [6, 6.07) is 15.0. The zero-order valence-corrected chi connectivity index (χ0v) is 17.2. The Kier molecular flexibility index (Phi) is 6.59. The lowest BCUT2D eigenvalue weighted by Gasteiger charge is -2.15. The number of hydrogen-bond donors (Lipinski definition) is 2. The molecule has 2 aromatic carbocycles. The molecule has 0 amide bonds. The Bertz CT molecular complexity index is 982. The minimum atomic E-state index is -4.57. The van der Waals surface area contributed by atoms with Gasteiger partial charge in [-0.25, -0.2) is 4.98 Å². The van der Waals surface area contributed by atoms with Gasteiger partial charge in [0.25, 0.3) is 0 Å². The molecule has 0 aliphatic rings. The molecule has 0 aliphatic carbocycles. The minimum Gasteiger partial charge on any atom is -0.340 e. The molecule has 1 heterocycles. The van der Waals surface area contributed by atoms with Crippen LogP contribution in [0.4, 0.5) is 36.3 Å². The largest absolute Gasteiger partial charge is 0.421 e. The number of benzene rings is 2. The van der Waals surface area contributed by atoms with Gasteiger partial charge in [-0.15, -0.1) is 0 Å². The van der Waals surface area contributed by atoms with Crippen molar-refractivity contribution in [1.82, 2.24) is 9.97 Å². The normalized spacial score (nSPS) is 11.6. The molecule has 0 spiro atoms. The third-order valence-electron chi connectivity index (χ3n) is 4.66. The van der Waals surface area contributed by atoms with Crippen molar-refractivity contribution >= 4 is 23.1 Å². The predicted molar refractivity (Wildman–Crippen MR) is 115 cm³/mol. The summed E-state index contributed by atoms with van der Waals surface area (Å²) in [5, 5.41) is 5.79. The van der Waals surface area contributed by atoms with E-state index in [4.69, 9.17) is 0 Å². The molecule has 0 saturated carbocycles. The molecule has 2 N–H and O–H groups in total. The van der Waals surface area contributed by atoms with Crippen LogP contribution in [-0.4, -0.2) is 9.97 Å². The molecule has 3 rings (SSSR count). The van der Waals surface area contributed by atoms with Crippen LogP contribution in [0.2, 0.25) is 0 Å². The third-order valence-corrected chi connectivity index (χ3v) is 4.66. The second-order valence-corrected chi connectivity index (χ2v) is 7.43. The van der Waals surface area contributed by atoms with Crippen LogP contribution in [0.5, 0.6) is 0 Å². The number of aromatic nitrogens is 2. The molecule has 0 aliphatic heterocycles. The summed E-state index contributed by atoms with van der Waals surface area (Å²) < 4.78 is 40.5. The van der Waals surface area contributed by atoms with Crippen molar-refractivity contribution in [1.29, 1.82) is 0 Å². The molecule has 30 heavy (non-hydrogen) atoms. The first kappa shape index (κ1) is 21.6. The lowest BCUT2D eigenvalue weighted by molar-refractivity contribution is -0.137. The smallest absolute Gasteiger partial charge is 0.340 e. The van der Waals surface area contributed by atoms with Crippen molar-refractivity contribution in [3.8, 4) is 0 Å². The highest BCUT2D eigenvalue weighted by molar-refractivity contribution is 5.63. The van der Waals surface area contributed by atoms with E-state index in [1.54, 1.807) is 6.07 Å². The average Bonchev–Trinajstić information content (AvgIpc) is 2.68. The monoisotopic (exact) mass is 414 g/mol. The van der Waals surface area contributed by atoms with E-state index >= 15 is 0 Å². The van der Waals surface area contributed by atoms with Gasteiger partial charge >= 0.3 is 6.18 Å². The molecule has 0 radical (unpaired) electrons. The van der Waals surface area contributed by atoms with Crippen molar-refractivity contribution in [3.05, 3.63) is 71.4 Å². The van der Waals surface area contributed by atoms with Crippen LogP contribution in [0.25, 0.3) is 0 Å². The number of anilines is 4. The maximum absolute atomic E-state index is 13.5. The van der Waals surface area contributed by atoms with Gasteiger partial charge in [0, 0.05) is 17.6 Å². The molecular formula is C23H25F3N4. The van der Waals surface area contributed by atoms with E-state index in [0.717, 1.165) is 24.6 Å². The highest BCUT2D eigenvalue weighted by atomic mass is 19.4. The molecule has 1 aromatic heterocycles. The van der Waals surface area contributed by atoms with Crippen LogP contribution >= 0.6 is 0 Å². The molecule has 0 saturated heterocycles. The summed E-state index contributed by atoms with van der Waals surface area (Å²) in [4.78, 5) is 7.97. The Morgan fingerprint density at radius 3 is 2.33 bits per heavy atom. The van der Waals surface area contributed by atoms with Gasteiger partial charge in [0.05, 0.1) is 0 Å². The summed E-state index contributed by atoms with van der Waals surface area (Å²) in [7, 11) is 0. The van der Waals surface area contributed by atoms with Gasteiger partial charge in [-0.2, -0.15) is 18.2 Å². The van der Waals surface area contributed by atoms with E-state index in [-0.39, 0.29) is 11.8 Å². The van der Waals surface area contributed by atoms with Crippen LogP contribution in [0, 0.1) is 0 Å². The summed E-state index contributed by atoms with van der Waals surface area (Å²) in [6.45, 7) is 6.24. The fourth-order valence-corrected chi connectivity index (χ4v) is 3.06. The van der Waals surface area contributed by atoms with Crippen LogP contribution in [0.3, 0.4) is 0 Å². The molecule has 158 valence electrons. The Morgan fingerprint density at radius 2 is 1.70 bits per heavy atom. The lowest BCUT2D eigenvalue weighted by atomic mass is 10.0. The maximum atomic E-state index is 13.5. The molecule has 0 fully saturated rings. The highest BCUT2D eigenvalue weighted by Gasteiger charge is 2.35. The van der Waals surface area contributed by atoms with Crippen LogP contribution in [0.1, 0.15) is 49.8 Å². The van der Waals surface area contributed by atoms with Gasteiger partial charge < -0.3 is 10.6 Å². The summed E-state index contributed by atoms with van der Waals surface area (Å²) in [6.07, 6.45) is -1.96. The fourth-order valence-electron chi connectivity index (χ4n) is 3.06. The predicted octanol–water partition coefficient (Wildman–Crippen LogP) is 7.06. The van der Waals surface area contributed by atoms with Gasteiger partial charge in [0.1, 0.15) is 11.4 Å². The first-order chi connectivity index (χ1) is 14.3. The summed E-state index contributed by atoms with van der Waals surface area (Å²) >= 11 is 0. The van der Waals surface area contributed by atoms with Crippen LogP contribution in [-0.2, 0) is 12.6 Å². The second kappa shape index (κ2) is 9.15. The molecule has 0 bridgehead atoms. The Morgan fingerprint density at radius 1 is 0.967 bits per heavy atom. The average molecular weight is 414 g/mol. The van der Waals surface area contributed by atoms with Crippen molar-refractivity contribution < 1.29 is 13.2 Å². The molecule has 0 atom stereocenters. The number of halogens is 3. The van der Waals surface area contributed by atoms with Gasteiger partial charge in [-0.3, -0.25) is 0 Å². The number of alkyl halides is 3. The number of nitrogens with zero attached hydrogens (tertiary/aromatic N) is 2. The highest BCUT2D eigenvalue weighted by Crippen LogP contribution is 2.35. The van der Waals surface area contributed by atoms with E-state index < -0.39 is 11.7 Å². The van der Waals surface area contributed by atoms with Crippen molar-refractivity contribution in [2.75, 3.05) is 10.6 Å². The number of hydrogen-bond acceptors (Lipinski definition) is 4. The van der Waals surface area contributed by atoms with Gasteiger partial charge in [0.15, 0.2) is 0 Å². The zero-order chi connectivity index (χ0) is 21.7. The molecule has 0 unspecified atom stereocenters. The Hall–Kier alpha value is -3.09. The zero-order valence-electron chi connectivity index (χ0n) is 17.2. The van der Waals surface area contributed by atoms with E-state index in [2.05, 4.69) is 41.4 Å². The topological polar surface area (TPSA) is 49.8 Å². The van der Waals surface area contributed by atoms with Gasteiger partial charge in [0.2, 0.25) is 5.95 Å².